The average molecular weight is 497 g/mol. The molecule has 2 aromatic carbocycles. The minimum Gasteiger partial charge on any atom is -0.455 e. The Labute approximate surface area is 220 Å². The van der Waals surface area contributed by atoms with Crippen molar-refractivity contribution in [1.29, 1.82) is 0 Å². The van der Waals surface area contributed by atoms with Crippen LogP contribution in [0.1, 0.15) is 95.6 Å². The third-order valence-electron chi connectivity index (χ3n) is 6.53. The van der Waals surface area contributed by atoms with Gasteiger partial charge < -0.3 is 14.0 Å². The molecule has 2 rings (SSSR count). The van der Waals surface area contributed by atoms with Crippen molar-refractivity contribution in [2.24, 2.45) is 0 Å². The summed E-state index contributed by atoms with van der Waals surface area (Å²) in [6.07, 6.45) is 14.1. The maximum Gasteiger partial charge on any atom is 0.364 e. The zero-order valence-corrected chi connectivity index (χ0v) is 23.3. The van der Waals surface area contributed by atoms with Crippen molar-refractivity contribution in [2.45, 2.75) is 104 Å². The van der Waals surface area contributed by atoms with E-state index in [0.717, 1.165) is 25.1 Å². The summed E-state index contributed by atoms with van der Waals surface area (Å²) in [4.78, 5) is 12.8. The van der Waals surface area contributed by atoms with Crippen LogP contribution in [0.3, 0.4) is 0 Å². The van der Waals surface area contributed by atoms with E-state index in [2.05, 4.69) is 52.2 Å². The Morgan fingerprint density at radius 2 is 1.42 bits per heavy atom. The van der Waals surface area contributed by atoms with E-state index in [4.69, 9.17) is 9.47 Å². The maximum atomic E-state index is 12.8. The summed E-state index contributed by atoms with van der Waals surface area (Å²) < 4.78 is 12.5. The van der Waals surface area contributed by atoms with Gasteiger partial charge in [-0.3, -0.25) is 0 Å². The normalized spacial score (nSPS) is 12.3. The molecule has 0 heterocycles. The topological polar surface area (TPSA) is 35.5 Å². The van der Waals surface area contributed by atoms with Crippen molar-refractivity contribution in [3.63, 3.8) is 0 Å². The van der Waals surface area contributed by atoms with Gasteiger partial charge in [0.25, 0.3) is 0 Å². The van der Waals surface area contributed by atoms with Gasteiger partial charge in [0.1, 0.15) is 12.3 Å². The lowest BCUT2D eigenvalue weighted by Gasteiger charge is -2.29. The Morgan fingerprint density at radius 1 is 0.778 bits per heavy atom. The number of unbranched alkanes of at least 4 members (excludes halogenated alkanes) is 8. The van der Waals surface area contributed by atoms with Crippen LogP contribution in [0.5, 0.6) is 5.75 Å². The predicted octanol–water partition coefficient (Wildman–Crippen LogP) is 8.08. The Morgan fingerprint density at radius 3 is 2.08 bits per heavy atom. The van der Waals surface area contributed by atoms with Gasteiger partial charge in [0, 0.05) is 12.0 Å². The van der Waals surface area contributed by atoms with Gasteiger partial charge in [-0.25, -0.2) is 4.79 Å². The molecule has 0 aliphatic carbocycles. The number of likely N-dealkylation sites (N-methyl/N-ethyl adjacent to an activating group) is 1. The van der Waals surface area contributed by atoms with E-state index in [-0.39, 0.29) is 5.97 Å². The van der Waals surface area contributed by atoms with Gasteiger partial charge in [-0.15, -0.1) is 0 Å². The fourth-order valence-electron chi connectivity index (χ4n) is 4.61. The number of carbonyl (C=O) groups excluding carboxylic acids is 1. The summed E-state index contributed by atoms with van der Waals surface area (Å²) in [6.45, 7) is 5.43. The summed E-state index contributed by atoms with van der Waals surface area (Å²) in [5.74, 6) is 0.563. The highest BCUT2D eigenvalue weighted by atomic mass is 16.7. The first kappa shape index (κ1) is 29.9. The minimum atomic E-state index is -0.554. The Hall–Kier alpha value is -2.33. The van der Waals surface area contributed by atoms with Gasteiger partial charge in [-0.05, 0) is 37.0 Å². The number of carbonyl (C=O) groups is 1. The van der Waals surface area contributed by atoms with Crippen molar-refractivity contribution in [3.05, 3.63) is 65.7 Å². The molecule has 0 fully saturated rings. The first-order valence-electron chi connectivity index (χ1n) is 14.2. The second-order valence-electron chi connectivity index (χ2n) is 10.8. The highest BCUT2D eigenvalue weighted by Crippen LogP contribution is 2.20. The van der Waals surface area contributed by atoms with Crippen LogP contribution in [-0.2, 0) is 22.5 Å². The highest BCUT2D eigenvalue weighted by Gasteiger charge is 2.25. The van der Waals surface area contributed by atoms with Gasteiger partial charge in [0.15, 0.2) is 6.54 Å². The van der Waals surface area contributed by atoms with Crippen LogP contribution < -0.4 is 4.74 Å². The van der Waals surface area contributed by atoms with Crippen molar-refractivity contribution in [1.82, 2.24) is 0 Å². The standard InChI is InChI=1S/C32H50NO3/c1-5-7-8-9-10-11-12-13-15-20-28-23-18-24-30(25-28)35-32(19-6-2)36-31(34)27-33(3,4)26-29-21-16-14-17-22-29/h14,16-18,21-25,32H,5-13,15,19-20,26-27H2,1-4H3/q+1. The average Bonchev–Trinajstić information content (AvgIpc) is 2.83. The molecule has 0 amide bonds. The van der Waals surface area contributed by atoms with Gasteiger partial charge in [-0.1, -0.05) is 108 Å². The number of nitrogens with zero attached hydrogens (tertiary/aromatic N) is 1. The molecular weight excluding hydrogens is 446 g/mol. The van der Waals surface area contributed by atoms with Crippen LogP contribution in [0.4, 0.5) is 0 Å². The number of rotatable bonds is 19. The van der Waals surface area contributed by atoms with Crippen LogP contribution in [0.2, 0.25) is 0 Å². The smallest absolute Gasteiger partial charge is 0.364 e. The lowest BCUT2D eigenvalue weighted by Crippen LogP contribution is -2.44. The number of aryl methyl sites for hydroxylation is 1. The van der Waals surface area contributed by atoms with E-state index in [9.17, 15) is 4.79 Å². The molecule has 0 saturated heterocycles. The summed E-state index contributed by atoms with van der Waals surface area (Å²) in [5, 5.41) is 0. The van der Waals surface area contributed by atoms with E-state index in [1.807, 2.05) is 30.3 Å². The van der Waals surface area contributed by atoms with Crippen LogP contribution in [0, 0.1) is 0 Å². The molecule has 0 aliphatic heterocycles. The molecule has 4 nitrogen and oxygen atoms in total. The molecule has 0 saturated carbocycles. The zero-order chi connectivity index (χ0) is 26.1. The highest BCUT2D eigenvalue weighted by molar-refractivity contribution is 5.70. The Balaban J connectivity index is 1.77. The van der Waals surface area contributed by atoms with Crippen molar-refractivity contribution >= 4 is 5.97 Å². The SMILES string of the molecule is CCCCCCCCCCCc1cccc(OC(CCC)OC(=O)C[N+](C)(C)Cc2ccccc2)c1. The number of quaternary nitrogens is 1. The van der Waals surface area contributed by atoms with E-state index in [0.29, 0.717) is 17.4 Å². The summed E-state index contributed by atoms with van der Waals surface area (Å²) in [5.41, 5.74) is 2.50. The predicted molar refractivity (Wildman–Crippen MR) is 150 cm³/mol. The molecular formula is C32H50NO3+. The lowest BCUT2D eigenvalue weighted by molar-refractivity contribution is -0.896. The van der Waals surface area contributed by atoms with Gasteiger partial charge in [0.2, 0.25) is 6.29 Å². The van der Waals surface area contributed by atoms with Crippen molar-refractivity contribution < 1.29 is 18.8 Å². The van der Waals surface area contributed by atoms with Crippen molar-refractivity contribution in [3.8, 4) is 5.75 Å². The number of ether oxygens (including phenoxy) is 2. The molecule has 0 aliphatic rings. The fraction of sp³-hybridized carbons (Fsp3) is 0.594. The second-order valence-corrected chi connectivity index (χ2v) is 10.8. The minimum absolute atomic E-state index is 0.222. The summed E-state index contributed by atoms with van der Waals surface area (Å²) >= 11 is 0. The van der Waals surface area contributed by atoms with Crippen LogP contribution >= 0.6 is 0 Å². The molecule has 4 heteroatoms. The number of hydrogen-bond donors (Lipinski definition) is 0. The molecule has 200 valence electrons. The first-order valence-corrected chi connectivity index (χ1v) is 14.2. The molecule has 2 aromatic rings. The Kier molecular flexibility index (Phi) is 14.3. The largest absolute Gasteiger partial charge is 0.455 e. The zero-order valence-electron chi connectivity index (χ0n) is 23.3. The number of hydrogen-bond acceptors (Lipinski definition) is 3. The Bertz CT molecular complexity index is 849. The third-order valence-corrected chi connectivity index (χ3v) is 6.53. The maximum absolute atomic E-state index is 12.8. The number of benzene rings is 2. The summed E-state index contributed by atoms with van der Waals surface area (Å²) in [7, 11) is 4.11. The molecule has 0 N–H and O–H groups in total. The lowest BCUT2D eigenvalue weighted by atomic mass is 10.0. The molecule has 0 spiro atoms. The fourth-order valence-corrected chi connectivity index (χ4v) is 4.61. The molecule has 1 unspecified atom stereocenters. The van der Waals surface area contributed by atoms with E-state index >= 15 is 0 Å². The van der Waals surface area contributed by atoms with Crippen LogP contribution in [-0.4, -0.2) is 37.4 Å². The van der Waals surface area contributed by atoms with E-state index in [1.54, 1.807) is 0 Å². The second kappa shape index (κ2) is 17.2. The van der Waals surface area contributed by atoms with Crippen molar-refractivity contribution in [2.75, 3.05) is 20.6 Å². The third kappa shape index (κ3) is 13.1. The molecule has 1 atom stereocenters. The first-order chi connectivity index (χ1) is 17.4. The van der Waals surface area contributed by atoms with Gasteiger partial charge >= 0.3 is 5.97 Å². The molecule has 0 radical (unpaired) electrons. The number of esters is 1. The van der Waals surface area contributed by atoms with Gasteiger partial charge in [0.05, 0.1) is 14.1 Å². The van der Waals surface area contributed by atoms with E-state index in [1.165, 1.54) is 68.9 Å². The molecule has 36 heavy (non-hydrogen) atoms. The quantitative estimate of drug-likeness (QED) is 0.0853. The summed E-state index contributed by atoms with van der Waals surface area (Å²) in [6, 6.07) is 18.5. The van der Waals surface area contributed by atoms with Gasteiger partial charge in [-0.2, -0.15) is 0 Å². The monoisotopic (exact) mass is 496 g/mol. The van der Waals surface area contributed by atoms with Crippen LogP contribution in [0.15, 0.2) is 54.6 Å². The van der Waals surface area contributed by atoms with Crippen LogP contribution in [0.25, 0.3) is 0 Å². The van der Waals surface area contributed by atoms with E-state index < -0.39 is 6.29 Å². The molecule has 0 aromatic heterocycles. The molecule has 0 bridgehead atoms.